The van der Waals surface area contributed by atoms with Crippen molar-refractivity contribution in [1.29, 1.82) is 5.26 Å². The number of hydrogen-bond acceptors (Lipinski definition) is 5. The van der Waals surface area contributed by atoms with Gasteiger partial charge < -0.3 is 4.74 Å². The van der Waals surface area contributed by atoms with Crippen molar-refractivity contribution >= 4 is 11.9 Å². The molecular formula is C7H11N3O4. The second-order valence-corrected chi connectivity index (χ2v) is 2.16. The zero-order chi connectivity index (χ0) is 10.8. The van der Waals surface area contributed by atoms with E-state index in [4.69, 9.17) is 5.26 Å². The Labute approximate surface area is 80.9 Å². The summed E-state index contributed by atoms with van der Waals surface area (Å²) in [5.41, 5.74) is 1.95. The predicted octanol–water partition coefficient (Wildman–Crippen LogP) is -0.696. The molecule has 0 aromatic rings. The smallest absolute Gasteiger partial charge is 0.345 e. The van der Waals surface area contributed by atoms with E-state index in [9.17, 15) is 9.59 Å². The van der Waals surface area contributed by atoms with Crippen LogP contribution < -0.4 is 10.8 Å². The van der Waals surface area contributed by atoms with Gasteiger partial charge in [0.2, 0.25) is 5.91 Å². The van der Waals surface area contributed by atoms with Gasteiger partial charge in [0.1, 0.15) is 6.42 Å². The second-order valence-electron chi connectivity index (χ2n) is 2.16. The second kappa shape index (κ2) is 7.97. The van der Waals surface area contributed by atoms with Gasteiger partial charge in [-0.2, -0.15) is 5.26 Å². The molecule has 0 saturated carbocycles. The number of amides is 3. The van der Waals surface area contributed by atoms with E-state index in [1.165, 1.54) is 7.11 Å². The molecule has 78 valence electrons. The first kappa shape index (κ1) is 12.3. The number of rotatable bonds is 5. The molecule has 0 fully saturated rings. The van der Waals surface area contributed by atoms with E-state index in [0.29, 0.717) is 6.61 Å². The average molecular weight is 201 g/mol. The summed E-state index contributed by atoms with van der Waals surface area (Å²) in [7, 11) is 1.49. The molecule has 0 bridgehead atoms. The molecule has 0 radical (unpaired) electrons. The number of methoxy groups -OCH3 is 1. The predicted molar refractivity (Wildman–Crippen MR) is 44.7 cm³/mol. The van der Waals surface area contributed by atoms with Crippen LogP contribution in [0, 0.1) is 11.3 Å². The van der Waals surface area contributed by atoms with E-state index in [-0.39, 0.29) is 13.0 Å². The summed E-state index contributed by atoms with van der Waals surface area (Å²) >= 11 is 0. The highest BCUT2D eigenvalue weighted by molar-refractivity contribution is 5.94. The molecule has 0 saturated heterocycles. The molecule has 0 aliphatic carbocycles. The summed E-state index contributed by atoms with van der Waals surface area (Å²) in [4.78, 5) is 26.0. The van der Waals surface area contributed by atoms with Gasteiger partial charge in [0.05, 0.1) is 19.3 Å². The van der Waals surface area contributed by atoms with Gasteiger partial charge >= 0.3 is 6.03 Å². The fraction of sp³-hybridized carbons (Fsp3) is 0.571. The van der Waals surface area contributed by atoms with Crippen LogP contribution in [0.2, 0.25) is 0 Å². The summed E-state index contributed by atoms with van der Waals surface area (Å²) in [5, 5.41) is 9.99. The van der Waals surface area contributed by atoms with Crippen LogP contribution in [0.1, 0.15) is 6.42 Å². The highest BCUT2D eigenvalue weighted by atomic mass is 16.7. The molecule has 14 heavy (non-hydrogen) atoms. The molecule has 7 nitrogen and oxygen atoms in total. The third kappa shape index (κ3) is 7.02. The number of hydrogen-bond donors (Lipinski definition) is 2. The third-order valence-corrected chi connectivity index (χ3v) is 1.05. The van der Waals surface area contributed by atoms with Crippen LogP contribution in [0.4, 0.5) is 4.79 Å². The van der Waals surface area contributed by atoms with Crippen molar-refractivity contribution < 1.29 is 19.2 Å². The highest BCUT2D eigenvalue weighted by Crippen LogP contribution is 1.76. The molecule has 0 rings (SSSR count). The Morgan fingerprint density at radius 1 is 1.43 bits per heavy atom. The monoisotopic (exact) mass is 201 g/mol. The van der Waals surface area contributed by atoms with Gasteiger partial charge in [0, 0.05) is 7.11 Å². The molecule has 2 N–H and O–H groups in total. The molecule has 0 aromatic heterocycles. The van der Waals surface area contributed by atoms with Crippen LogP contribution >= 0.6 is 0 Å². The van der Waals surface area contributed by atoms with Crippen molar-refractivity contribution in [3.63, 3.8) is 0 Å². The molecule has 7 heteroatoms. The van der Waals surface area contributed by atoms with Crippen molar-refractivity contribution in [1.82, 2.24) is 10.8 Å². The lowest BCUT2D eigenvalue weighted by atomic mass is 10.4. The Hall–Kier alpha value is -1.65. The Balaban J connectivity index is 3.46. The SMILES string of the molecule is COCCONC(=O)NC(=O)CC#N. The van der Waals surface area contributed by atoms with E-state index in [1.54, 1.807) is 6.07 Å². The lowest BCUT2D eigenvalue weighted by Crippen LogP contribution is -2.39. The maximum Gasteiger partial charge on any atom is 0.345 e. The number of ether oxygens (including phenoxy) is 1. The normalized spacial score (nSPS) is 8.86. The van der Waals surface area contributed by atoms with Gasteiger partial charge in [0.15, 0.2) is 0 Å². The van der Waals surface area contributed by atoms with E-state index < -0.39 is 11.9 Å². The third-order valence-electron chi connectivity index (χ3n) is 1.05. The first-order valence-corrected chi connectivity index (χ1v) is 3.78. The average Bonchev–Trinajstić information content (AvgIpc) is 2.13. The molecular weight excluding hydrogens is 190 g/mol. The number of carbonyl (C=O) groups is 2. The molecule has 0 aromatic carbocycles. The zero-order valence-corrected chi connectivity index (χ0v) is 7.70. The summed E-state index contributed by atoms with van der Waals surface area (Å²) < 4.78 is 4.64. The van der Waals surface area contributed by atoms with Crippen LogP contribution in [-0.2, 0) is 14.4 Å². The largest absolute Gasteiger partial charge is 0.382 e. The minimum Gasteiger partial charge on any atom is -0.382 e. The summed E-state index contributed by atoms with van der Waals surface area (Å²) in [5.74, 6) is -0.680. The number of imide groups is 1. The van der Waals surface area contributed by atoms with Gasteiger partial charge in [-0.05, 0) is 0 Å². The van der Waals surface area contributed by atoms with Gasteiger partial charge in [-0.25, -0.2) is 10.3 Å². The maximum absolute atomic E-state index is 10.8. The topological polar surface area (TPSA) is 100 Å². The molecule has 0 aliphatic heterocycles. The summed E-state index contributed by atoms with van der Waals surface area (Å²) in [6.07, 6.45) is -0.370. The van der Waals surface area contributed by atoms with Crippen molar-refractivity contribution in [2.75, 3.05) is 20.3 Å². The van der Waals surface area contributed by atoms with E-state index in [1.807, 2.05) is 10.8 Å². The van der Waals surface area contributed by atoms with E-state index in [0.717, 1.165) is 0 Å². The fourth-order valence-corrected chi connectivity index (χ4v) is 0.510. The fourth-order valence-electron chi connectivity index (χ4n) is 0.510. The lowest BCUT2D eigenvalue weighted by Gasteiger charge is -2.04. The maximum atomic E-state index is 10.8. The van der Waals surface area contributed by atoms with Crippen LogP contribution in [0.25, 0.3) is 0 Å². The number of hydroxylamine groups is 1. The number of nitrogens with zero attached hydrogens (tertiary/aromatic N) is 1. The zero-order valence-electron chi connectivity index (χ0n) is 7.70. The molecule has 0 atom stereocenters. The Bertz CT molecular complexity index is 236. The molecule has 0 aliphatic rings. The first-order valence-electron chi connectivity index (χ1n) is 3.78. The van der Waals surface area contributed by atoms with E-state index in [2.05, 4.69) is 9.57 Å². The van der Waals surface area contributed by atoms with Crippen molar-refractivity contribution in [2.45, 2.75) is 6.42 Å². The van der Waals surface area contributed by atoms with Crippen molar-refractivity contribution in [3.05, 3.63) is 0 Å². The van der Waals surface area contributed by atoms with Gasteiger partial charge in [0.25, 0.3) is 0 Å². The quantitative estimate of drug-likeness (QED) is 0.452. The van der Waals surface area contributed by atoms with Crippen LogP contribution in [-0.4, -0.2) is 32.3 Å². The van der Waals surface area contributed by atoms with Gasteiger partial charge in [-0.15, -0.1) is 0 Å². The Morgan fingerprint density at radius 3 is 2.71 bits per heavy atom. The van der Waals surface area contributed by atoms with Crippen molar-refractivity contribution in [3.8, 4) is 6.07 Å². The Kier molecular flexibility index (Phi) is 7.03. The number of nitrogens with one attached hydrogen (secondary N) is 2. The Morgan fingerprint density at radius 2 is 2.14 bits per heavy atom. The number of carbonyl (C=O) groups excluding carboxylic acids is 2. The first-order chi connectivity index (χ1) is 6.70. The molecule has 0 unspecified atom stereocenters. The number of urea groups is 1. The summed E-state index contributed by atoms with van der Waals surface area (Å²) in [6.45, 7) is 0.503. The van der Waals surface area contributed by atoms with Crippen LogP contribution in [0.5, 0.6) is 0 Å². The number of nitriles is 1. The molecule has 0 heterocycles. The van der Waals surface area contributed by atoms with Gasteiger partial charge in [-0.3, -0.25) is 14.9 Å². The van der Waals surface area contributed by atoms with E-state index >= 15 is 0 Å². The highest BCUT2D eigenvalue weighted by Gasteiger charge is 2.05. The molecule has 0 spiro atoms. The molecule has 3 amide bonds. The minimum atomic E-state index is -0.804. The summed E-state index contributed by atoms with van der Waals surface area (Å²) in [6, 6.07) is 0.792. The van der Waals surface area contributed by atoms with Crippen molar-refractivity contribution in [2.24, 2.45) is 0 Å². The minimum absolute atomic E-state index is 0.177. The lowest BCUT2D eigenvalue weighted by molar-refractivity contribution is -0.119. The standard InChI is InChI=1S/C7H11N3O4/c1-13-4-5-14-10-7(12)9-6(11)2-3-8/h2,4-5H2,1H3,(H2,9,10,11,12). The van der Waals surface area contributed by atoms with Crippen LogP contribution in [0.15, 0.2) is 0 Å². The van der Waals surface area contributed by atoms with Crippen LogP contribution in [0.3, 0.4) is 0 Å². The van der Waals surface area contributed by atoms with Gasteiger partial charge in [-0.1, -0.05) is 0 Å².